The number of hydrogen-bond donors (Lipinski definition) is 1. The summed E-state index contributed by atoms with van der Waals surface area (Å²) < 4.78 is 29.1. The Bertz CT molecular complexity index is 671. The molecule has 0 saturated carbocycles. The minimum atomic E-state index is -0.550. The van der Waals surface area contributed by atoms with E-state index in [1.165, 1.54) is 12.1 Å². The number of hydrogen-bond acceptors (Lipinski definition) is 2. The first-order valence-electron chi connectivity index (χ1n) is 7.14. The Balaban J connectivity index is 2.06. The number of halogens is 2. The number of rotatable bonds is 1. The Morgan fingerprint density at radius 2 is 2.05 bits per heavy atom. The van der Waals surface area contributed by atoms with Crippen molar-refractivity contribution < 1.29 is 8.78 Å². The second-order valence-corrected chi connectivity index (χ2v) is 6.50. The van der Waals surface area contributed by atoms with Crippen molar-refractivity contribution in [2.24, 2.45) is 0 Å². The molecular formula is C16H19F2N3. The standard InChI is InChI=1S/C16H19F2N3/c1-16(2,3)14-9-21-13(6-7-19-15(21)20-14)11-5-4-10(17)8-12(11)18/h4-5,8-9,13H,6-7H2,1-3H3,(H,19,20). The van der Waals surface area contributed by atoms with Crippen molar-refractivity contribution in [1.29, 1.82) is 0 Å². The molecule has 2 aromatic rings. The summed E-state index contributed by atoms with van der Waals surface area (Å²) in [7, 11) is 0. The molecule has 1 aliphatic heterocycles. The van der Waals surface area contributed by atoms with Crippen molar-refractivity contribution in [2.45, 2.75) is 38.6 Å². The second-order valence-electron chi connectivity index (χ2n) is 6.50. The molecule has 0 saturated heterocycles. The van der Waals surface area contributed by atoms with E-state index in [4.69, 9.17) is 0 Å². The first-order chi connectivity index (χ1) is 9.86. The van der Waals surface area contributed by atoms with E-state index >= 15 is 0 Å². The Morgan fingerprint density at radius 1 is 1.29 bits per heavy atom. The maximum atomic E-state index is 14.1. The molecule has 1 unspecified atom stereocenters. The van der Waals surface area contributed by atoms with Crippen molar-refractivity contribution in [3.63, 3.8) is 0 Å². The number of benzene rings is 1. The quantitative estimate of drug-likeness (QED) is 0.864. The highest BCUT2D eigenvalue weighted by Gasteiger charge is 2.28. The molecule has 1 aliphatic rings. The fourth-order valence-electron chi connectivity index (χ4n) is 2.66. The first-order valence-corrected chi connectivity index (χ1v) is 7.14. The highest BCUT2D eigenvalue weighted by Crippen LogP contribution is 2.34. The van der Waals surface area contributed by atoms with Gasteiger partial charge in [-0.2, -0.15) is 0 Å². The van der Waals surface area contributed by atoms with Gasteiger partial charge in [-0.15, -0.1) is 0 Å². The minimum Gasteiger partial charge on any atom is -0.356 e. The topological polar surface area (TPSA) is 29.9 Å². The Labute approximate surface area is 123 Å². The minimum absolute atomic E-state index is 0.0715. The zero-order chi connectivity index (χ0) is 15.2. The van der Waals surface area contributed by atoms with Crippen molar-refractivity contribution >= 4 is 5.95 Å². The molecule has 1 atom stereocenters. The first kappa shape index (κ1) is 14.0. The predicted molar refractivity (Wildman–Crippen MR) is 78.5 cm³/mol. The summed E-state index contributed by atoms with van der Waals surface area (Å²) >= 11 is 0. The van der Waals surface area contributed by atoms with Crippen molar-refractivity contribution in [2.75, 3.05) is 11.9 Å². The molecule has 1 aromatic carbocycles. The van der Waals surface area contributed by atoms with Crippen LogP contribution < -0.4 is 5.32 Å². The lowest BCUT2D eigenvalue weighted by Crippen LogP contribution is -2.24. The summed E-state index contributed by atoms with van der Waals surface area (Å²) in [5.41, 5.74) is 1.40. The molecule has 0 spiro atoms. The van der Waals surface area contributed by atoms with Crippen LogP contribution in [0.4, 0.5) is 14.7 Å². The van der Waals surface area contributed by atoms with Gasteiger partial charge in [-0.1, -0.05) is 26.8 Å². The van der Waals surface area contributed by atoms with Gasteiger partial charge in [0, 0.05) is 29.8 Å². The van der Waals surface area contributed by atoms with Crippen LogP contribution in [0.5, 0.6) is 0 Å². The summed E-state index contributed by atoms with van der Waals surface area (Å²) in [4.78, 5) is 4.60. The van der Waals surface area contributed by atoms with Crippen molar-refractivity contribution in [1.82, 2.24) is 9.55 Å². The van der Waals surface area contributed by atoms with Crippen molar-refractivity contribution in [3.8, 4) is 0 Å². The van der Waals surface area contributed by atoms with Gasteiger partial charge in [0.05, 0.1) is 11.7 Å². The van der Waals surface area contributed by atoms with Crippen LogP contribution in [0, 0.1) is 11.6 Å². The monoisotopic (exact) mass is 291 g/mol. The third-order valence-electron chi connectivity index (χ3n) is 3.86. The number of fused-ring (bicyclic) bond motifs is 1. The van der Waals surface area contributed by atoms with E-state index in [0.29, 0.717) is 5.56 Å². The summed E-state index contributed by atoms with van der Waals surface area (Å²) in [6.45, 7) is 7.00. The largest absolute Gasteiger partial charge is 0.356 e. The predicted octanol–water partition coefficient (Wildman–Crippen LogP) is 3.86. The van der Waals surface area contributed by atoms with Crippen LogP contribution in [0.3, 0.4) is 0 Å². The lowest BCUT2D eigenvalue weighted by molar-refractivity contribution is 0.488. The van der Waals surface area contributed by atoms with Gasteiger partial charge in [0.25, 0.3) is 0 Å². The maximum absolute atomic E-state index is 14.1. The molecule has 5 heteroatoms. The van der Waals surface area contributed by atoms with Gasteiger partial charge >= 0.3 is 0 Å². The molecule has 0 radical (unpaired) electrons. The number of anilines is 1. The lowest BCUT2D eigenvalue weighted by atomic mass is 9.93. The number of aromatic nitrogens is 2. The van der Waals surface area contributed by atoms with E-state index in [-0.39, 0.29) is 11.5 Å². The summed E-state index contributed by atoms with van der Waals surface area (Å²) in [5.74, 6) is -0.301. The molecular weight excluding hydrogens is 272 g/mol. The Kier molecular flexibility index (Phi) is 3.23. The maximum Gasteiger partial charge on any atom is 0.203 e. The van der Waals surface area contributed by atoms with Gasteiger partial charge in [0.1, 0.15) is 11.6 Å². The van der Waals surface area contributed by atoms with Gasteiger partial charge in [-0.3, -0.25) is 0 Å². The number of nitrogens with zero attached hydrogens (tertiary/aromatic N) is 2. The molecule has 1 N–H and O–H groups in total. The summed E-state index contributed by atoms with van der Waals surface area (Å²) in [5, 5.41) is 3.24. The molecule has 2 heterocycles. The van der Waals surface area contributed by atoms with Crippen molar-refractivity contribution in [3.05, 3.63) is 47.3 Å². The van der Waals surface area contributed by atoms with Crippen LogP contribution in [0.25, 0.3) is 0 Å². The molecule has 0 bridgehead atoms. The summed E-state index contributed by atoms with van der Waals surface area (Å²) in [6, 6.07) is 3.63. The summed E-state index contributed by atoms with van der Waals surface area (Å²) in [6.07, 6.45) is 2.71. The molecule has 1 aromatic heterocycles. The van der Waals surface area contributed by atoms with Gasteiger partial charge < -0.3 is 9.88 Å². The van der Waals surface area contributed by atoms with E-state index < -0.39 is 11.6 Å². The fourth-order valence-corrected chi connectivity index (χ4v) is 2.66. The third-order valence-corrected chi connectivity index (χ3v) is 3.86. The highest BCUT2D eigenvalue weighted by molar-refractivity contribution is 5.37. The van der Waals surface area contributed by atoms with Gasteiger partial charge in [0.15, 0.2) is 0 Å². The van der Waals surface area contributed by atoms with E-state index in [0.717, 1.165) is 30.7 Å². The van der Waals surface area contributed by atoms with E-state index in [2.05, 4.69) is 31.1 Å². The lowest BCUT2D eigenvalue weighted by Gasteiger charge is -2.26. The van der Waals surface area contributed by atoms with Crippen LogP contribution in [0.15, 0.2) is 24.4 Å². The SMILES string of the molecule is CC(C)(C)c1cn2c(n1)NCCC2c1ccc(F)cc1F. The average Bonchev–Trinajstić information content (AvgIpc) is 2.82. The zero-order valence-electron chi connectivity index (χ0n) is 12.5. The molecule has 0 amide bonds. The van der Waals surface area contributed by atoms with Crippen LogP contribution >= 0.6 is 0 Å². The molecule has 3 rings (SSSR count). The Morgan fingerprint density at radius 3 is 2.71 bits per heavy atom. The van der Waals surface area contributed by atoms with Crippen LogP contribution in [0.1, 0.15) is 44.5 Å². The van der Waals surface area contributed by atoms with Gasteiger partial charge in [0.2, 0.25) is 5.95 Å². The van der Waals surface area contributed by atoms with E-state index in [1.807, 2.05) is 10.8 Å². The van der Waals surface area contributed by atoms with Crippen LogP contribution in [0.2, 0.25) is 0 Å². The number of nitrogens with one attached hydrogen (secondary N) is 1. The fraction of sp³-hybridized carbons (Fsp3) is 0.438. The van der Waals surface area contributed by atoms with Crippen LogP contribution in [-0.2, 0) is 5.41 Å². The highest BCUT2D eigenvalue weighted by atomic mass is 19.1. The molecule has 0 fully saturated rings. The third kappa shape index (κ3) is 2.52. The second kappa shape index (κ2) is 4.83. The number of imidazole rings is 1. The Hall–Kier alpha value is -1.91. The van der Waals surface area contributed by atoms with Gasteiger partial charge in [-0.05, 0) is 12.5 Å². The molecule has 0 aliphatic carbocycles. The smallest absolute Gasteiger partial charge is 0.203 e. The molecule has 3 nitrogen and oxygen atoms in total. The normalized spacial score (nSPS) is 18.2. The zero-order valence-corrected chi connectivity index (χ0v) is 12.5. The van der Waals surface area contributed by atoms with Gasteiger partial charge in [-0.25, -0.2) is 13.8 Å². The average molecular weight is 291 g/mol. The molecule has 21 heavy (non-hydrogen) atoms. The molecule has 112 valence electrons. The van der Waals surface area contributed by atoms with E-state index in [9.17, 15) is 8.78 Å². The van der Waals surface area contributed by atoms with E-state index in [1.54, 1.807) is 0 Å². The van der Waals surface area contributed by atoms with Crippen LogP contribution in [-0.4, -0.2) is 16.1 Å².